The number of thiazole rings is 2. The van der Waals surface area contributed by atoms with Gasteiger partial charge in [-0.15, -0.1) is 33.8 Å². The van der Waals surface area contributed by atoms with Gasteiger partial charge in [0, 0.05) is 0 Å². The summed E-state index contributed by atoms with van der Waals surface area (Å²) in [6.07, 6.45) is 0. The van der Waals surface area contributed by atoms with Crippen LogP contribution in [-0.2, 0) is 0 Å². The van der Waals surface area contributed by atoms with Crippen LogP contribution < -0.4 is 0 Å². The summed E-state index contributed by atoms with van der Waals surface area (Å²) in [5.41, 5.74) is 11.2. The molecule has 0 unspecified atom stereocenters. The molecule has 2 aromatic rings. The molecule has 0 saturated carbocycles. The maximum Gasteiger partial charge on any atom is 0.168 e. The van der Waals surface area contributed by atoms with Crippen molar-refractivity contribution >= 4 is 70.7 Å². The second-order valence-corrected chi connectivity index (χ2v) is 26.2. The van der Waals surface area contributed by atoms with Gasteiger partial charge in [0.25, 0.3) is 0 Å². The number of nitrogens with zero attached hydrogens (tertiary/aromatic N) is 2. The molecule has 0 saturated heterocycles. The summed E-state index contributed by atoms with van der Waals surface area (Å²) in [6.45, 7) is 28.1. The summed E-state index contributed by atoms with van der Waals surface area (Å²) in [7, 11) is -3.61. The lowest BCUT2D eigenvalue weighted by Gasteiger charge is -2.37. The molecule has 0 fully saturated rings. The third-order valence-corrected chi connectivity index (χ3v) is 24.2. The summed E-state index contributed by atoms with van der Waals surface area (Å²) in [5, 5.41) is 1.74. The molecule has 36 heavy (non-hydrogen) atoms. The number of rotatable bonds is 7. The molecule has 0 N–H and O–H groups in total. The van der Waals surface area contributed by atoms with Crippen LogP contribution in [0.4, 0.5) is 0 Å². The van der Waals surface area contributed by atoms with Gasteiger partial charge >= 0.3 is 0 Å². The highest BCUT2D eigenvalue weighted by molar-refractivity contribution is 9.11. The molecular weight excluding hydrogens is 644 g/mol. The van der Waals surface area contributed by atoms with E-state index in [2.05, 4.69) is 138 Å². The van der Waals surface area contributed by atoms with E-state index in [-0.39, 0.29) is 0 Å². The maximum atomic E-state index is 4.79. The first kappa shape index (κ1) is 32.0. The molecule has 2 aromatic heterocycles. The van der Waals surface area contributed by atoms with Crippen molar-refractivity contribution in [2.24, 2.45) is 0 Å². The van der Waals surface area contributed by atoms with Crippen molar-refractivity contribution in [3.63, 3.8) is 0 Å². The van der Waals surface area contributed by atoms with Crippen molar-refractivity contribution in [2.75, 3.05) is 0 Å². The Bertz CT molecular complexity index is 1040. The van der Waals surface area contributed by atoms with E-state index in [4.69, 9.17) is 9.97 Å². The Morgan fingerprint density at radius 3 is 1.00 bits per heavy atom. The van der Waals surface area contributed by atoms with Crippen molar-refractivity contribution in [2.45, 2.75) is 116 Å². The van der Waals surface area contributed by atoms with Crippen molar-refractivity contribution in [1.82, 2.24) is 9.97 Å². The molecule has 2 rings (SSSR count). The summed E-state index contributed by atoms with van der Waals surface area (Å²) in [4.78, 5) is 11.7. The Balaban J connectivity index is 2.51. The average Bonchev–Trinajstić information content (AvgIpc) is 3.28. The van der Waals surface area contributed by atoms with Gasteiger partial charge in [-0.05, 0) is 76.9 Å². The molecule has 198 valence electrons. The fraction of sp³-hybridized carbons (Fsp3) is 0.643. The van der Waals surface area contributed by atoms with Gasteiger partial charge in [0.1, 0.15) is 25.4 Å². The Hall–Kier alpha value is -0.226. The van der Waals surface area contributed by atoms with E-state index in [1.54, 1.807) is 22.7 Å². The zero-order valence-electron chi connectivity index (χ0n) is 23.9. The van der Waals surface area contributed by atoms with Gasteiger partial charge in [-0.2, -0.15) is 0 Å². The van der Waals surface area contributed by atoms with Crippen LogP contribution in [0.5, 0.6) is 0 Å². The topological polar surface area (TPSA) is 25.8 Å². The largest absolute Gasteiger partial charge is 0.220 e. The lowest BCUT2D eigenvalue weighted by Crippen LogP contribution is -2.43. The molecule has 0 atom stereocenters. The zero-order chi connectivity index (χ0) is 27.6. The van der Waals surface area contributed by atoms with E-state index in [1.807, 2.05) is 0 Å². The van der Waals surface area contributed by atoms with Gasteiger partial charge < -0.3 is 0 Å². The minimum absolute atomic E-state index is 0.600. The van der Waals surface area contributed by atoms with Crippen molar-refractivity contribution in [3.8, 4) is 32.7 Å². The third-order valence-electron chi connectivity index (χ3n) is 7.88. The van der Waals surface area contributed by atoms with Crippen molar-refractivity contribution in [1.29, 1.82) is 0 Å². The van der Waals surface area contributed by atoms with Crippen LogP contribution in [0.3, 0.4) is 0 Å². The molecule has 0 aliphatic rings. The number of halogens is 2. The predicted octanol–water partition coefficient (Wildman–Crippen LogP) is 10.9. The number of hydrogen-bond donors (Lipinski definition) is 0. The fourth-order valence-corrected chi connectivity index (χ4v) is 20.2. The fourth-order valence-electron chi connectivity index (χ4n) is 6.18. The molecule has 0 aromatic carbocycles. The maximum absolute atomic E-state index is 4.79. The lowest BCUT2D eigenvalue weighted by molar-refractivity contribution is 0.838. The van der Waals surface area contributed by atoms with Gasteiger partial charge in [-0.1, -0.05) is 83.1 Å². The van der Waals surface area contributed by atoms with Crippen molar-refractivity contribution in [3.05, 3.63) is 19.2 Å². The number of aromatic nitrogens is 2. The van der Waals surface area contributed by atoms with E-state index >= 15 is 0 Å². The molecule has 0 amide bonds. The van der Waals surface area contributed by atoms with Gasteiger partial charge in [0.2, 0.25) is 0 Å². The van der Waals surface area contributed by atoms with Crippen LogP contribution in [0.25, 0.3) is 9.75 Å². The highest BCUT2D eigenvalue weighted by Gasteiger charge is 2.42. The van der Waals surface area contributed by atoms with Crippen LogP contribution in [0.1, 0.15) is 93.1 Å². The Labute approximate surface area is 247 Å². The molecule has 0 aliphatic heterocycles. The SMILES string of the molecule is CC(C)[Si](C#Cc1nc(Br)c(-c2sc(C#C[Si](C(C)C)(C(C)C)C(C)C)nc2Br)s1)(C(C)C)C(C)C. The second-order valence-electron chi connectivity index (χ2n) is 11.6. The molecular formula is C28H42Br2N2S2Si2. The third kappa shape index (κ3) is 6.32. The molecule has 2 nitrogen and oxygen atoms in total. The molecule has 2 heterocycles. The summed E-state index contributed by atoms with van der Waals surface area (Å²) in [6, 6.07) is 0. The number of hydrogen-bond acceptors (Lipinski definition) is 4. The smallest absolute Gasteiger partial charge is 0.168 e. The standard InChI is InChI=1S/C28H42Br2N2S2Si2/c1-17(2)35(18(3)4,19(5)6)15-13-23-31-27(29)25(33-23)26-28(30)32-24(34-26)14-16-36(20(7)8,21(9)10)22(11)12/h17-22H,1-12H3. The van der Waals surface area contributed by atoms with Gasteiger partial charge in [-0.25, -0.2) is 9.97 Å². The summed E-state index contributed by atoms with van der Waals surface area (Å²) >= 11 is 10.7. The lowest BCUT2D eigenvalue weighted by atomic mass is 10.5. The van der Waals surface area contributed by atoms with E-state index in [1.165, 1.54) is 0 Å². The van der Waals surface area contributed by atoms with Gasteiger partial charge in [-0.3, -0.25) is 0 Å². The van der Waals surface area contributed by atoms with E-state index < -0.39 is 16.1 Å². The second kappa shape index (κ2) is 12.8. The van der Waals surface area contributed by atoms with E-state index in [9.17, 15) is 0 Å². The van der Waals surface area contributed by atoms with Gasteiger partial charge in [0.15, 0.2) is 10.0 Å². The first-order valence-electron chi connectivity index (χ1n) is 13.0. The quantitative estimate of drug-likeness (QED) is 0.214. The predicted molar refractivity (Wildman–Crippen MR) is 174 cm³/mol. The van der Waals surface area contributed by atoms with Crippen LogP contribution in [0, 0.1) is 22.9 Å². The van der Waals surface area contributed by atoms with E-state index in [0.29, 0.717) is 33.2 Å². The van der Waals surface area contributed by atoms with Crippen LogP contribution >= 0.6 is 54.5 Å². The molecule has 0 spiro atoms. The Morgan fingerprint density at radius 1 is 0.528 bits per heavy atom. The van der Waals surface area contributed by atoms with Crippen molar-refractivity contribution < 1.29 is 0 Å². The first-order chi connectivity index (χ1) is 16.6. The van der Waals surface area contributed by atoms with Gasteiger partial charge in [0.05, 0.1) is 9.75 Å². The average molecular weight is 687 g/mol. The van der Waals surface area contributed by atoms with Crippen LogP contribution in [-0.4, -0.2) is 26.1 Å². The first-order valence-corrected chi connectivity index (χ1v) is 20.7. The minimum atomic E-state index is -1.80. The molecule has 0 bridgehead atoms. The highest BCUT2D eigenvalue weighted by Crippen LogP contribution is 2.44. The normalized spacial score (nSPS) is 12.7. The summed E-state index contributed by atoms with van der Waals surface area (Å²) in [5.74, 6) is 7.01. The summed E-state index contributed by atoms with van der Waals surface area (Å²) < 4.78 is 1.67. The zero-order valence-corrected chi connectivity index (χ0v) is 30.7. The Kier molecular flexibility index (Phi) is 11.3. The van der Waals surface area contributed by atoms with E-state index in [0.717, 1.165) is 29.0 Å². The van der Waals surface area contributed by atoms with Crippen LogP contribution in [0.15, 0.2) is 9.21 Å². The molecule has 8 heteroatoms. The monoisotopic (exact) mass is 684 g/mol. The molecule has 0 radical (unpaired) electrons. The Morgan fingerprint density at radius 2 is 0.778 bits per heavy atom. The van der Waals surface area contributed by atoms with Crippen LogP contribution in [0.2, 0.25) is 33.2 Å². The highest BCUT2D eigenvalue weighted by atomic mass is 79.9. The molecule has 0 aliphatic carbocycles. The minimum Gasteiger partial charge on any atom is -0.220 e.